The van der Waals surface area contributed by atoms with Gasteiger partial charge in [-0.1, -0.05) is 24.3 Å². The second-order valence-electron chi connectivity index (χ2n) is 3.86. The minimum Gasteiger partial charge on any atom is -0.478 e. The van der Waals surface area contributed by atoms with Gasteiger partial charge in [0.15, 0.2) is 0 Å². The lowest BCUT2D eigenvalue weighted by atomic mass is 10.0. The number of carbonyl (C=O) groups is 2. The smallest absolute Gasteiger partial charge is 0.335 e. The molecule has 19 heavy (non-hydrogen) atoms. The summed E-state index contributed by atoms with van der Waals surface area (Å²) in [6.45, 7) is 0. The standard InChI is InChI=1S/C14H9NO4/c16-13(15-19)11-5-1-9(2-6-11)10-3-7-12(8-4-10)14(17)18/h1-8H,(H,17,18). The Bertz CT molecular complexity index is 630. The van der Waals surface area contributed by atoms with Crippen LogP contribution in [0.3, 0.4) is 0 Å². The molecule has 94 valence electrons. The Kier molecular flexibility index (Phi) is 3.47. The van der Waals surface area contributed by atoms with Gasteiger partial charge in [0, 0.05) is 10.7 Å². The molecular weight excluding hydrogens is 246 g/mol. The molecule has 0 aliphatic carbocycles. The van der Waals surface area contributed by atoms with Crippen molar-refractivity contribution in [2.45, 2.75) is 0 Å². The first-order valence-corrected chi connectivity index (χ1v) is 5.43. The van der Waals surface area contributed by atoms with Crippen molar-refractivity contribution in [2.24, 2.45) is 5.18 Å². The van der Waals surface area contributed by atoms with Gasteiger partial charge in [-0.05, 0) is 35.4 Å². The third kappa shape index (κ3) is 2.71. The molecule has 0 aliphatic heterocycles. The van der Waals surface area contributed by atoms with Gasteiger partial charge in [0.1, 0.15) is 0 Å². The quantitative estimate of drug-likeness (QED) is 0.854. The third-order valence-electron chi connectivity index (χ3n) is 2.68. The maximum absolute atomic E-state index is 11.0. The van der Waals surface area contributed by atoms with E-state index in [2.05, 4.69) is 5.18 Å². The highest BCUT2D eigenvalue weighted by Crippen LogP contribution is 2.20. The largest absolute Gasteiger partial charge is 0.478 e. The van der Waals surface area contributed by atoms with Crippen LogP contribution >= 0.6 is 0 Å². The van der Waals surface area contributed by atoms with Gasteiger partial charge in [0.25, 0.3) is 0 Å². The Balaban J connectivity index is 2.29. The first-order chi connectivity index (χ1) is 9.11. The predicted molar refractivity (Wildman–Crippen MR) is 69.0 cm³/mol. The highest BCUT2D eigenvalue weighted by atomic mass is 16.4. The van der Waals surface area contributed by atoms with Gasteiger partial charge in [-0.3, -0.25) is 4.79 Å². The monoisotopic (exact) mass is 255 g/mol. The molecule has 2 aromatic carbocycles. The number of hydrogen-bond acceptors (Lipinski definition) is 3. The predicted octanol–water partition coefficient (Wildman–Crippen LogP) is 2.96. The summed E-state index contributed by atoms with van der Waals surface area (Å²) in [4.78, 5) is 31.9. The van der Waals surface area contributed by atoms with Crippen LogP contribution in [-0.4, -0.2) is 17.0 Å². The lowest BCUT2D eigenvalue weighted by Gasteiger charge is -2.03. The fourth-order valence-corrected chi connectivity index (χ4v) is 1.66. The summed E-state index contributed by atoms with van der Waals surface area (Å²) in [5.74, 6) is -1.79. The molecule has 0 bridgehead atoms. The third-order valence-corrected chi connectivity index (χ3v) is 2.68. The molecule has 0 radical (unpaired) electrons. The van der Waals surface area contributed by atoms with Crippen LogP contribution in [0.5, 0.6) is 0 Å². The van der Waals surface area contributed by atoms with E-state index in [1.807, 2.05) is 0 Å². The Labute approximate surface area is 108 Å². The summed E-state index contributed by atoms with van der Waals surface area (Å²) in [5.41, 5.74) is 2.07. The number of carboxylic acids is 1. The van der Waals surface area contributed by atoms with Crippen LogP contribution < -0.4 is 0 Å². The molecule has 0 saturated heterocycles. The van der Waals surface area contributed by atoms with Crippen molar-refractivity contribution in [2.75, 3.05) is 0 Å². The van der Waals surface area contributed by atoms with Gasteiger partial charge in [-0.25, -0.2) is 4.79 Å². The van der Waals surface area contributed by atoms with E-state index in [9.17, 15) is 14.5 Å². The molecular formula is C14H9NO4. The molecule has 5 heteroatoms. The minimum absolute atomic E-state index is 0.209. The van der Waals surface area contributed by atoms with Crippen molar-refractivity contribution in [3.05, 3.63) is 64.6 Å². The first kappa shape index (κ1) is 12.6. The summed E-state index contributed by atoms with van der Waals surface area (Å²) < 4.78 is 0. The molecule has 0 heterocycles. The van der Waals surface area contributed by atoms with E-state index in [4.69, 9.17) is 5.11 Å². The van der Waals surface area contributed by atoms with Gasteiger partial charge in [-0.2, -0.15) is 0 Å². The number of nitrogens with zero attached hydrogens (tertiary/aromatic N) is 1. The summed E-state index contributed by atoms with van der Waals surface area (Å²) >= 11 is 0. The van der Waals surface area contributed by atoms with E-state index in [1.165, 1.54) is 24.3 Å². The number of amides is 1. The molecule has 0 fully saturated rings. The fourth-order valence-electron chi connectivity index (χ4n) is 1.66. The van der Waals surface area contributed by atoms with Crippen molar-refractivity contribution in [3.8, 4) is 11.1 Å². The number of carboxylic acid groups (broad SMARTS) is 1. The number of nitroso groups, excluding NO2 is 1. The molecule has 0 saturated carbocycles. The van der Waals surface area contributed by atoms with Crippen LogP contribution in [0.4, 0.5) is 0 Å². The molecule has 1 N–H and O–H groups in total. The van der Waals surface area contributed by atoms with E-state index in [0.717, 1.165) is 11.1 Å². The summed E-state index contributed by atoms with van der Waals surface area (Å²) in [5, 5.41) is 11.1. The van der Waals surface area contributed by atoms with Crippen LogP contribution in [0.25, 0.3) is 11.1 Å². The van der Waals surface area contributed by atoms with Crippen molar-refractivity contribution in [3.63, 3.8) is 0 Å². The van der Waals surface area contributed by atoms with E-state index in [-0.39, 0.29) is 11.1 Å². The molecule has 0 aliphatic rings. The van der Waals surface area contributed by atoms with E-state index >= 15 is 0 Å². The summed E-state index contributed by atoms with van der Waals surface area (Å²) in [7, 11) is 0. The Hall–Kier alpha value is -2.82. The van der Waals surface area contributed by atoms with Gasteiger partial charge < -0.3 is 5.11 Å². The van der Waals surface area contributed by atoms with Gasteiger partial charge >= 0.3 is 11.9 Å². The second-order valence-corrected chi connectivity index (χ2v) is 3.86. The lowest BCUT2D eigenvalue weighted by Crippen LogP contribution is -1.95. The zero-order valence-electron chi connectivity index (χ0n) is 9.74. The molecule has 0 aromatic heterocycles. The number of rotatable bonds is 3. The minimum atomic E-state index is -0.982. The maximum atomic E-state index is 11.0. The van der Waals surface area contributed by atoms with E-state index in [0.29, 0.717) is 0 Å². The lowest BCUT2D eigenvalue weighted by molar-refractivity contribution is 0.0696. The number of benzene rings is 2. The zero-order chi connectivity index (χ0) is 13.8. The first-order valence-electron chi connectivity index (χ1n) is 5.43. The highest BCUT2D eigenvalue weighted by Gasteiger charge is 2.06. The van der Waals surface area contributed by atoms with Crippen molar-refractivity contribution < 1.29 is 14.7 Å². The van der Waals surface area contributed by atoms with Crippen molar-refractivity contribution >= 4 is 11.9 Å². The summed E-state index contributed by atoms with van der Waals surface area (Å²) in [6.07, 6.45) is 0. The van der Waals surface area contributed by atoms with Crippen LogP contribution in [0.2, 0.25) is 0 Å². The summed E-state index contributed by atoms with van der Waals surface area (Å²) in [6, 6.07) is 12.7. The molecule has 1 amide bonds. The number of hydrogen-bond donors (Lipinski definition) is 1. The zero-order valence-corrected chi connectivity index (χ0v) is 9.74. The molecule has 2 rings (SSSR count). The van der Waals surface area contributed by atoms with Crippen LogP contribution in [-0.2, 0) is 0 Å². The van der Waals surface area contributed by atoms with Gasteiger partial charge in [0.05, 0.1) is 5.56 Å². The highest BCUT2D eigenvalue weighted by molar-refractivity contribution is 5.95. The Morgan fingerprint density at radius 3 is 1.58 bits per heavy atom. The molecule has 0 atom stereocenters. The fraction of sp³-hybridized carbons (Fsp3) is 0. The maximum Gasteiger partial charge on any atom is 0.335 e. The second kappa shape index (κ2) is 5.22. The Morgan fingerprint density at radius 2 is 1.21 bits per heavy atom. The molecule has 0 spiro atoms. The van der Waals surface area contributed by atoms with E-state index < -0.39 is 11.9 Å². The van der Waals surface area contributed by atoms with Crippen LogP contribution in [0, 0.1) is 4.91 Å². The Morgan fingerprint density at radius 1 is 0.789 bits per heavy atom. The van der Waals surface area contributed by atoms with Crippen molar-refractivity contribution in [1.29, 1.82) is 0 Å². The number of aromatic carboxylic acids is 1. The van der Waals surface area contributed by atoms with Crippen LogP contribution in [0.15, 0.2) is 53.7 Å². The van der Waals surface area contributed by atoms with Crippen molar-refractivity contribution in [1.82, 2.24) is 0 Å². The average Bonchev–Trinajstić information content (AvgIpc) is 2.46. The molecule has 2 aromatic rings. The molecule has 5 nitrogen and oxygen atoms in total. The topological polar surface area (TPSA) is 83.8 Å². The van der Waals surface area contributed by atoms with Crippen LogP contribution in [0.1, 0.15) is 20.7 Å². The van der Waals surface area contributed by atoms with Gasteiger partial charge in [-0.15, -0.1) is 4.91 Å². The van der Waals surface area contributed by atoms with E-state index in [1.54, 1.807) is 24.3 Å². The normalized spacial score (nSPS) is 9.89. The number of carbonyl (C=O) groups excluding carboxylic acids is 1. The average molecular weight is 255 g/mol. The molecule has 0 unspecified atom stereocenters. The van der Waals surface area contributed by atoms with Gasteiger partial charge in [0.2, 0.25) is 0 Å². The SMILES string of the molecule is O=NC(=O)c1ccc(-c2ccc(C(=O)O)cc2)cc1.